The van der Waals surface area contributed by atoms with Gasteiger partial charge in [0.1, 0.15) is 11.7 Å². The number of hydrogen-bond donors (Lipinski definition) is 4. The smallest absolute Gasteiger partial charge is 0.247 e. The van der Waals surface area contributed by atoms with Gasteiger partial charge >= 0.3 is 0 Å². The summed E-state index contributed by atoms with van der Waals surface area (Å²) in [6.07, 6.45) is 7.62. The van der Waals surface area contributed by atoms with Crippen molar-refractivity contribution in [1.29, 1.82) is 0 Å². The summed E-state index contributed by atoms with van der Waals surface area (Å²) >= 11 is 0. The van der Waals surface area contributed by atoms with Crippen molar-refractivity contribution in [3.05, 3.63) is 77.8 Å². The lowest BCUT2D eigenvalue weighted by Crippen LogP contribution is -2.23. The molecule has 1 heterocycles. The highest BCUT2D eigenvalue weighted by Crippen LogP contribution is 2.25. The second-order valence-electron chi connectivity index (χ2n) is 5.99. The second-order valence-corrected chi connectivity index (χ2v) is 5.99. The average molecular weight is 351 g/mol. The van der Waals surface area contributed by atoms with Crippen LogP contribution in [-0.4, -0.2) is 11.7 Å². The third-order valence-corrected chi connectivity index (χ3v) is 3.79. The van der Waals surface area contributed by atoms with Crippen LogP contribution in [0, 0.1) is 0 Å². The summed E-state index contributed by atoms with van der Waals surface area (Å²) in [7, 11) is 0. The fourth-order valence-electron chi connectivity index (χ4n) is 2.48. The molecule has 0 aliphatic carbocycles. The van der Waals surface area contributed by atoms with Crippen LogP contribution in [0.5, 0.6) is 0 Å². The van der Waals surface area contributed by atoms with E-state index in [2.05, 4.69) is 28.3 Å². The summed E-state index contributed by atoms with van der Waals surface area (Å²) in [4.78, 5) is 15.9. The Labute approximate surface area is 154 Å². The third-order valence-electron chi connectivity index (χ3n) is 3.79. The third kappa shape index (κ3) is 5.37. The molecule has 6 nitrogen and oxygen atoms in total. The monoisotopic (exact) mass is 351 g/mol. The Morgan fingerprint density at radius 2 is 2.19 bits per heavy atom. The molecule has 0 radical (unpaired) electrons. The molecule has 1 aromatic rings. The maximum absolute atomic E-state index is 11.5. The van der Waals surface area contributed by atoms with Gasteiger partial charge in [-0.2, -0.15) is 0 Å². The average Bonchev–Trinajstić information content (AvgIpc) is 2.61. The number of dihydropyridines is 1. The standard InChI is InChI=1S/C20H25N5O/c1-4-15(21)12-18(22)25-19-10-13(3)9-17(24-19)14-7-6-8-16(11-14)23-20(26)5-2/h5-12,17,24H,2,4,21H2,1,3H3,(H2,22,25)(H,23,26)/b15-12-. The molecule has 1 atom stereocenters. The van der Waals surface area contributed by atoms with Crippen LogP contribution in [0.4, 0.5) is 5.69 Å². The Balaban J connectivity index is 2.22. The summed E-state index contributed by atoms with van der Waals surface area (Å²) in [5, 5.41) is 6.10. The minimum Gasteiger partial charge on any atom is -0.402 e. The van der Waals surface area contributed by atoms with Crippen molar-refractivity contribution in [3.63, 3.8) is 0 Å². The number of nitrogens with zero attached hydrogens (tertiary/aromatic N) is 1. The number of benzene rings is 1. The van der Waals surface area contributed by atoms with Crippen molar-refractivity contribution in [3.8, 4) is 0 Å². The van der Waals surface area contributed by atoms with E-state index in [-0.39, 0.29) is 11.9 Å². The number of anilines is 1. The number of nitrogens with two attached hydrogens (primary N) is 2. The van der Waals surface area contributed by atoms with Gasteiger partial charge in [-0.25, -0.2) is 4.99 Å². The molecule has 6 N–H and O–H groups in total. The molecule has 0 spiro atoms. The quantitative estimate of drug-likeness (QED) is 0.359. The fraction of sp³-hybridized carbons (Fsp3) is 0.200. The van der Waals surface area contributed by atoms with Crippen molar-refractivity contribution in [2.45, 2.75) is 26.3 Å². The van der Waals surface area contributed by atoms with Crippen molar-refractivity contribution in [2.75, 3.05) is 5.32 Å². The number of carbonyl (C=O) groups excluding carboxylic acids is 1. The van der Waals surface area contributed by atoms with Gasteiger partial charge in [-0.05, 0) is 54.8 Å². The van der Waals surface area contributed by atoms with Crippen molar-refractivity contribution >= 4 is 17.4 Å². The minimum absolute atomic E-state index is 0.0837. The maximum atomic E-state index is 11.5. The van der Waals surface area contributed by atoms with Gasteiger partial charge in [-0.1, -0.05) is 31.7 Å². The van der Waals surface area contributed by atoms with Crippen molar-refractivity contribution in [2.24, 2.45) is 16.5 Å². The number of aliphatic imine (C=N–C) groups is 1. The van der Waals surface area contributed by atoms with Gasteiger partial charge in [0.05, 0.1) is 6.04 Å². The van der Waals surface area contributed by atoms with Crippen LogP contribution in [0.2, 0.25) is 0 Å². The normalized spacial score (nSPS) is 17.7. The predicted octanol–water partition coefficient (Wildman–Crippen LogP) is 2.85. The summed E-state index contributed by atoms with van der Waals surface area (Å²) < 4.78 is 0. The van der Waals surface area contributed by atoms with Crippen molar-refractivity contribution in [1.82, 2.24) is 5.32 Å². The summed E-state index contributed by atoms with van der Waals surface area (Å²) in [6, 6.07) is 7.53. The Bertz CT molecular complexity index is 817. The predicted molar refractivity (Wildman–Crippen MR) is 107 cm³/mol. The van der Waals surface area contributed by atoms with Crippen LogP contribution in [-0.2, 0) is 4.79 Å². The van der Waals surface area contributed by atoms with Crippen LogP contribution in [0.25, 0.3) is 0 Å². The van der Waals surface area contributed by atoms with Crippen LogP contribution in [0.15, 0.2) is 77.2 Å². The number of carbonyl (C=O) groups is 1. The van der Waals surface area contributed by atoms with Crippen LogP contribution in [0.3, 0.4) is 0 Å². The molecule has 2 rings (SSSR count). The Morgan fingerprint density at radius 3 is 2.88 bits per heavy atom. The van der Waals surface area contributed by atoms with Gasteiger partial charge in [-0.3, -0.25) is 4.79 Å². The highest BCUT2D eigenvalue weighted by molar-refractivity contribution is 5.98. The van der Waals surface area contributed by atoms with Crippen LogP contribution < -0.4 is 22.1 Å². The lowest BCUT2D eigenvalue weighted by atomic mass is 10.0. The van der Waals surface area contributed by atoms with Gasteiger partial charge in [-0.15, -0.1) is 0 Å². The topological polar surface area (TPSA) is 106 Å². The molecule has 1 aromatic carbocycles. The summed E-state index contributed by atoms with van der Waals surface area (Å²) in [5.74, 6) is 0.764. The zero-order chi connectivity index (χ0) is 19.1. The van der Waals surface area contributed by atoms with Gasteiger partial charge in [0, 0.05) is 11.4 Å². The second kappa shape index (κ2) is 8.71. The lowest BCUT2D eigenvalue weighted by molar-refractivity contribution is -0.111. The lowest BCUT2D eigenvalue weighted by Gasteiger charge is -2.22. The molecule has 0 saturated carbocycles. The maximum Gasteiger partial charge on any atom is 0.247 e. The Hall–Kier alpha value is -3.28. The highest BCUT2D eigenvalue weighted by atomic mass is 16.1. The Morgan fingerprint density at radius 1 is 1.42 bits per heavy atom. The molecular formula is C20H25N5O. The van der Waals surface area contributed by atoms with E-state index in [1.165, 1.54) is 6.08 Å². The van der Waals surface area contributed by atoms with E-state index in [4.69, 9.17) is 11.5 Å². The Kier molecular flexibility index (Phi) is 6.38. The van der Waals surface area contributed by atoms with E-state index in [0.29, 0.717) is 29.5 Å². The highest BCUT2D eigenvalue weighted by Gasteiger charge is 2.15. The minimum atomic E-state index is -0.247. The van der Waals surface area contributed by atoms with E-state index < -0.39 is 0 Å². The zero-order valence-electron chi connectivity index (χ0n) is 15.1. The molecule has 1 unspecified atom stereocenters. The molecule has 26 heavy (non-hydrogen) atoms. The molecule has 136 valence electrons. The van der Waals surface area contributed by atoms with E-state index in [1.807, 2.05) is 44.2 Å². The van der Waals surface area contributed by atoms with Crippen LogP contribution >= 0.6 is 0 Å². The van der Waals surface area contributed by atoms with Gasteiger partial charge in [0.25, 0.3) is 0 Å². The molecule has 6 heteroatoms. The fourth-order valence-corrected chi connectivity index (χ4v) is 2.48. The number of amides is 1. The van der Waals surface area contributed by atoms with Gasteiger partial charge < -0.3 is 22.1 Å². The SMILES string of the molecule is C=CC(=O)Nc1cccc(C2C=C(C)C=C(N=C(N)/C=C(\N)CC)N2)c1. The van der Waals surface area contributed by atoms with Crippen LogP contribution in [0.1, 0.15) is 31.9 Å². The molecule has 1 aliphatic heterocycles. The largest absolute Gasteiger partial charge is 0.402 e. The molecule has 0 saturated heterocycles. The number of nitrogens with one attached hydrogen (secondary N) is 2. The molecule has 0 fully saturated rings. The van der Waals surface area contributed by atoms with E-state index in [0.717, 1.165) is 11.1 Å². The summed E-state index contributed by atoms with van der Waals surface area (Å²) in [6.45, 7) is 7.42. The van der Waals surface area contributed by atoms with E-state index >= 15 is 0 Å². The number of hydrogen-bond acceptors (Lipinski definition) is 4. The van der Waals surface area contributed by atoms with Gasteiger partial charge in [0.2, 0.25) is 5.91 Å². The molecule has 0 aromatic heterocycles. The number of amidine groups is 1. The first-order chi connectivity index (χ1) is 12.4. The van der Waals surface area contributed by atoms with Crippen molar-refractivity contribution < 1.29 is 4.79 Å². The van der Waals surface area contributed by atoms with Gasteiger partial charge in [0.15, 0.2) is 0 Å². The first-order valence-corrected chi connectivity index (χ1v) is 8.41. The molecule has 1 aliphatic rings. The zero-order valence-corrected chi connectivity index (χ0v) is 15.1. The number of rotatable bonds is 6. The number of allylic oxidation sites excluding steroid dienone is 3. The molecular weight excluding hydrogens is 326 g/mol. The first kappa shape index (κ1) is 19.1. The first-order valence-electron chi connectivity index (χ1n) is 8.41. The van der Waals surface area contributed by atoms with E-state index in [9.17, 15) is 4.79 Å². The molecule has 0 bridgehead atoms. The summed E-state index contributed by atoms with van der Waals surface area (Å²) in [5.41, 5.74) is 15.2. The van der Waals surface area contributed by atoms with E-state index in [1.54, 1.807) is 6.08 Å². The molecule has 1 amide bonds.